The van der Waals surface area contributed by atoms with Crippen LogP contribution >= 0.6 is 0 Å². The lowest BCUT2D eigenvalue weighted by atomic mass is 10.0. The lowest BCUT2D eigenvalue weighted by Crippen LogP contribution is -2.55. The van der Waals surface area contributed by atoms with E-state index >= 15 is 0 Å². The molecule has 12 heteroatoms. The van der Waals surface area contributed by atoms with E-state index < -0.39 is 54.0 Å². The molecule has 6 N–H and O–H groups in total. The fourth-order valence-corrected chi connectivity index (χ4v) is 3.62. The van der Waals surface area contributed by atoms with Crippen molar-refractivity contribution in [1.29, 1.82) is 0 Å². The van der Waals surface area contributed by atoms with Gasteiger partial charge in [-0.25, -0.2) is 9.59 Å². The molecule has 0 aliphatic carbocycles. The summed E-state index contributed by atoms with van der Waals surface area (Å²) in [6.07, 6.45) is 1.10. The fraction of sp³-hybridized carbons (Fsp3) is 0.480. The van der Waals surface area contributed by atoms with E-state index in [-0.39, 0.29) is 30.6 Å². The minimum atomic E-state index is -1.37. The molecule has 0 saturated heterocycles. The van der Waals surface area contributed by atoms with Crippen LogP contribution in [0.25, 0.3) is 0 Å². The third-order valence-corrected chi connectivity index (χ3v) is 5.66. The van der Waals surface area contributed by atoms with Crippen LogP contribution in [0.15, 0.2) is 36.4 Å². The highest BCUT2D eigenvalue weighted by Crippen LogP contribution is 2.13. The van der Waals surface area contributed by atoms with Gasteiger partial charge in [-0.2, -0.15) is 0 Å². The first-order valence-corrected chi connectivity index (χ1v) is 11.9. The molecule has 202 valence electrons. The summed E-state index contributed by atoms with van der Waals surface area (Å²) in [5, 5.41) is 28.5. The number of carbonyl (C=O) groups excluding carboxylic acids is 4. The monoisotopic (exact) mass is 518 g/mol. The molecule has 1 aliphatic heterocycles. The molecule has 0 radical (unpaired) electrons. The van der Waals surface area contributed by atoms with E-state index in [1.807, 2.05) is 0 Å². The second-order valence-electron chi connectivity index (χ2n) is 9.44. The molecule has 2 rings (SSSR count). The Kier molecular flexibility index (Phi) is 10.5. The predicted molar refractivity (Wildman–Crippen MR) is 132 cm³/mol. The number of phenols is 1. The molecule has 0 saturated carbocycles. The second-order valence-corrected chi connectivity index (χ2v) is 9.44. The van der Waals surface area contributed by atoms with E-state index in [0.717, 1.165) is 6.08 Å². The van der Waals surface area contributed by atoms with Crippen LogP contribution in [0.5, 0.6) is 5.75 Å². The Labute approximate surface area is 214 Å². The average molecular weight is 519 g/mol. The number of cyclic esters (lactones) is 1. The van der Waals surface area contributed by atoms with Crippen LogP contribution in [0.2, 0.25) is 0 Å². The molecule has 0 spiro atoms. The first kappa shape index (κ1) is 29.1. The van der Waals surface area contributed by atoms with Crippen LogP contribution in [0.1, 0.15) is 33.3 Å². The highest BCUT2D eigenvalue weighted by Gasteiger charge is 2.31. The van der Waals surface area contributed by atoms with Crippen molar-refractivity contribution in [3.8, 4) is 5.75 Å². The lowest BCUT2D eigenvalue weighted by molar-refractivity contribution is -0.149. The number of benzene rings is 1. The van der Waals surface area contributed by atoms with E-state index in [9.17, 15) is 29.1 Å². The number of phenolic OH excluding ortho intramolecular Hbond substituents is 1. The number of esters is 1. The van der Waals surface area contributed by atoms with Gasteiger partial charge in [-0.05, 0) is 29.5 Å². The third-order valence-electron chi connectivity index (χ3n) is 5.66. The number of hydrogen-bond acceptors (Lipinski definition) is 7. The summed E-state index contributed by atoms with van der Waals surface area (Å²) in [4.78, 5) is 62.3. The molecule has 1 aromatic rings. The molecule has 1 aromatic carbocycles. The van der Waals surface area contributed by atoms with E-state index in [4.69, 9.17) is 9.84 Å². The highest BCUT2D eigenvalue weighted by atomic mass is 16.5. The maximum absolute atomic E-state index is 13.0. The number of amides is 4. The van der Waals surface area contributed by atoms with Crippen molar-refractivity contribution >= 4 is 29.8 Å². The summed E-state index contributed by atoms with van der Waals surface area (Å²) in [7, 11) is 0. The Morgan fingerprint density at radius 1 is 1.08 bits per heavy atom. The number of nitrogens with one attached hydrogen (secondary N) is 4. The number of aromatic hydroxyl groups is 1. The van der Waals surface area contributed by atoms with Crippen LogP contribution in [0.3, 0.4) is 0 Å². The first-order valence-electron chi connectivity index (χ1n) is 11.9. The number of carboxylic acid groups (broad SMARTS) is 1. The van der Waals surface area contributed by atoms with Gasteiger partial charge in [-0.15, -0.1) is 0 Å². The van der Waals surface area contributed by atoms with Gasteiger partial charge in [-0.3, -0.25) is 14.4 Å². The molecule has 0 aromatic heterocycles. The fourth-order valence-electron chi connectivity index (χ4n) is 3.62. The Balaban J connectivity index is 2.32. The number of hydrogen-bond donors (Lipinski definition) is 6. The van der Waals surface area contributed by atoms with Crippen LogP contribution < -0.4 is 21.3 Å². The Morgan fingerprint density at radius 3 is 2.30 bits per heavy atom. The Bertz CT molecular complexity index is 1020. The molecule has 0 fully saturated rings. The summed E-state index contributed by atoms with van der Waals surface area (Å²) >= 11 is 0. The van der Waals surface area contributed by atoms with Crippen molar-refractivity contribution in [2.45, 2.75) is 58.3 Å². The molecule has 0 bridgehead atoms. The minimum Gasteiger partial charge on any atom is -0.508 e. The zero-order valence-corrected chi connectivity index (χ0v) is 21.2. The van der Waals surface area contributed by atoms with Gasteiger partial charge in [0.1, 0.15) is 30.5 Å². The van der Waals surface area contributed by atoms with Crippen molar-refractivity contribution in [2.75, 3.05) is 6.61 Å². The number of ether oxygens (including phenoxy) is 1. The summed E-state index contributed by atoms with van der Waals surface area (Å²) < 4.78 is 5.40. The summed E-state index contributed by atoms with van der Waals surface area (Å²) in [6.45, 7) is 6.41. The van der Waals surface area contributed by atoms with Gasteiger partial charge < -0.3 is 36.2 Å². The molecule has 37 heavy (non-hydrogen) atoms. The number of rotatable bonds is 7. The van der Waals surface area contributed by atoms with Gasteiger partial charge in [0.2, 0.25) is 17.7 Å². The maximum atomic E-state index is 13.0. The second kappa shape index (κ2) is 13.3. The maximum Gasteiger partial charge on any atom is 0.405 e. The van der Waals surface area contributed by atoms with Gasteiger partial charge in [0.05, 0.1) is 6.04 Å². The summed E-state index contributed by atoms with van der Waals surface area (Å²) in [5.41, 5.74) is 0.640. The first-order chi connectivity index (χ1) is 17.4. The molecular weight excluding hydrogens is 484 g/mol. The van der Waals surface area contributed by atoms with Crippen molar-refractivity contribution in [3.05, 3.63) is 42.0 Å². The smallest absolute Gasteiger partial charge is 0.405 e. The summed E-state index contributed by atoms with van der Waals surface area (Å²) in [6, 6.07) is 1.98. The normalized spacial score (nSPS) is 22.5. The van der Waals surface area contributed by atoms with E-state index in [2.05, 4.69) is 21.3 Å². The van der Waals surface area contributed by atoms with E-state index in [1.165, 1.54) is 18.2 Å². The Morgan fingerprint density at radius 2 is 1.73 bits per heavy atom. The SMILES string of the molecule is CC(C)C(NC(=O)O)C(=O)N[C@@H]1/C=C/C(=O)N[C@@H](C(C)C)C(=O)N[C@@H](Cc2ccc(O)cc2)C(=O)OC1. The minimum absolute atomic E-state index is 0.0408. The predicted octanol–water partition coefficient (Wildman–Crippen LogP) is 0.450. The van der Waals surface area contributed by atoms with Gasteiger partial charge in [-0.1, -0.05) is 45.9 Å². The van der Waals surface area contributed by atoms with E-state index in [0.29, 0.717) is 5.56 Å². The van der Waals surface area contributed by atoms with Gasteiger partial charge in [0.25, 0.3) is 0 Å². The zero-order chi connectivity index (χ0) is 27.7. The van der Waals surface area contributed by atoms with Crippen LogP contribution in [-0.4, -0.2) is 70.8 Å². The Hall–Kier alpha value is -4.09. The van der Waals surface area contributed by atoms with Gasteiger partial charge in [0.15, 0.2) is 0 Å². The van der Waals surface area contributed by atoms with Crippen LogP contribution in [-0.2, 0) is 30.3 Å². The standard InChI is InChI=1S/C25H34N4O8/c1-13(2)20-23(33)27-18(11-15-5-8-17(30)9-6-15)24(34)37-12-16(7-10-19(31)28-20)26-22(32)21(14(3)4)29-25(35)36/h5-10,13-14,16,18,20-21,29-30H,11-12H2,1-4H3,(H,26,32)(H,27,33)(H,28,31)(H,35,36)/b10-7+/t16-,18+,20+,21?/m1/s1. The van der Waals surface area contributed by atoms with Gasteiger partial charge in [0, 0.05) is 12.5 Å². The summed E-state index contributed by atoms with van der Waals surface area (Å²) in [5.74, 6) is -3.25. The third kappa shape index (κ3) is 9.13. The largest absolute Gasteiger partial charge is 0.508 e. The molecule has 4 atom stereocenters. The topological polar surface area (TPSA) is 183 Å². The lowest BCUT2D eigenvalue weighted by Gasteiger charge is -2.27. The molecule has 1 unspecified atom stereocenters. The van der Waals surface area contributed by atoms with Crippen molar-refractivity contribution < 1.29 is 38.9 Å². The molecule has 12 nitrogen and oxygen atoms in total. The zero-order valence-electron chi connectivity index (χ0n) is 21.2. The van der Waals surface area contributed by atoms with Crippen LogP contribution in [0, 0.1) is 11.8 Å². The van der Waals surface area contributed by atoms with Gasteiger partial charge >= 0.3 is 12.1 Å². The molecule has 1 heterocycles. The van der Waals surface area contributed by atoms with Crippen molar-refractivity contribution in [3.63, 3.8) is 0 Å². The average Bonchev–Trinajstić information content (AvgIpc) is 2.82. The van der Waals surface area contributed by atoms with Crippen LogP contribution in [0.4, 0.5) is 4.79 Å². The van der Waals surface area contributed by atoms with Crippen molar-refractivity contribution in [1.82, 2.24) is 21.3 Å². The highest BCUT2D eigenvalue weighted by molar-refractivity contribution is 5.95. The molecular formula is C25H34N4O8. The molecule has 1 aliphatic rings. The van der Waals surface area contributed by atoms with Crippen molar-refractivity contribution in [2.24, 2.45) is 11.8 Å². The van der Waals surface area contributed by atoms with E-state index in [1.54, 1.807) is 39.8 Å². The number of carbonyl (C=O) groups is 5. The quantitative estimate of drug-likeness (QED) is 0.281. The molecule has 4 amide bonds.